The fourth-order valence-corrected chi connectivity index (χ4v) is 2.28. The second-order valence-corrected chi connectivity index (χ2v) is 5.69. The summed E-state index contributed by atoms with van der Waals surface area (Å²) in [5, 5.41) is 3.23. The average Bonchev–Trinajstić information content (AvgIpc) is 2.38. The first-order chi connectivity index (χ1) is 9.49. The zero-order chi connectivity index (χ0) is 14.7. The standard InChI is InChI=1S/C14H13BrClN3O/c1-19(2)13-4-3-9(15)7-12(13)18-14(20)10-8-17-6-5-11(10)16/h3-8H,1-2H3,(H,18,20). The van der Waals surface area contributed by atoms with E-state index in [0.717, 1.165) is 10.2 Å². The molecule has 4 nitrogen and oxygen atoms in total. The zero-order valence-electron chi connectivity index (χ0n) is 11.0. The van der Waals surface area contributed by atoms with Crippen LogP contribution in [-0.2, 0) is 0 Å². The number of nitrogens with zero attached hydrogens (tertiary/aromatic N) is 2. The predicted octanol–water partition coefficient (Wildman–Crippen LogP) is 3.82. The molecule has 0 spiro atoms. The number of pyridine rings is 1. The van der Waals surface area contributed by atoms with Crippen LogP contribution in [0.5, 0.6) is 0 Å². The number of anilines is 2. The molecule has 2 rings (SSSR count). The van der Waals surface area contributed by atoms with E-state index in [0.29, 0.717) is 16.3 Å². The Morgan fingerprint density at radius 1 is 1.35 bits per heavy atom. The molecule has 2 aromatic rings. The van der Waals surface area contributed by atoms with Gasteiger partial charge in [-0.2, -0.15) is 0 Å². The number of nitrogens with one attached hydrogen (secondary N) is 1. The first-order valence-electron chi connectivity index (χ1n) is 5.87. The Labute approximate surface area is 130 Å². The quantitative estimate of drug-likeness (QED) is 0.911. The van der Waals surface area contributed by atoms with E-state index < -0.39 is 0 Å². The monoisotopic (exact) mass is 353 g/mol. The van der Waals surface area contributed by atoms with Crippen molar-refractivity contribution in [1.82, 2.24) is 4.98 Å². The van der Waals surface area contributed by atoms with Gasteiger partial charge < -0.3 is 10.2 Å². The molecule has 0 aliphatic heterocycles. The SMILES string of the molecule is CN(C)c1ccc(Br)cc1NC(=O)c1cnccc1Cl. The van der Waals surface area contributed by atoms with Gasteiger partial charge in [-0.3, -0.25) is 9.78 Å². The lowest BCUT2D eigenvalue weighted by Crippen LogP contribution is -2.17. The highest BCUT2D eigenvalue weighted by molar-refractivity contribution is 9.10. The molecule has 0 unspecified atom stereocenters. The highest BCUT2D eigenvalue weighted by atomic mass is 79.9. The molecule has 0 saturated heterocycles. The van der Waals surface area contributed by atoms with Crippen LogP contribution in [0.2, 0.25) is 5.02 Å². The van der Waals surface area contributed by atoms with E-state index in [-0.39, 0.29) is 5.91 Å². The van der Waals surface area contributed by atoms with E-state index in [2.05, 4.69) is 26.2 Å². The van der Waals surface area contributed by atoms with Gasteiger partial charge in [0.15, 0.2) is 0 Å². The van der Waals surface area contributed by atoms with Crippen molar-refractivity contribution >= 4 is 44.8 Å². The molecular weight excluding hydrogens is 342 g/mol. The lowest BCUT2D eigenvalue weighted by Gasteiger charge is -2.18. The number of hydrogen-bond acceptors (Lipinski definition) is 3. The summed E-state index contributed by atoms with van der Waals surface area (Å²) < 4.78 is 0.885. The van der Waals surface area contributed by atoms with Crippen molar-refractivity contribution in [3.63, 3.8) is 0 Å². The van der Waals surface area contributed by atoms with Crippen molar-refractivity contribution in [1.29, 1.82) is 0 Å². The molecule has 1 amide bonds. The predicted molar refractivity (Wildman–Crippen MR) is 85.7 cm³/mol. The second-order valence-electron chi connectivity index (χ2n) is 4.37. The normalized spacial score (nSPS) is 10.2. The number of aromatic nitrogens is 1. The van der Waals surface area contributed by atoms with Gasteiger partial charge in [-0.25, -0.2) is 0 Å². The molecule has 0 atom stereocenters. The highest BCUT2D eigenvalue weighted by Crippen LogP contribution is 2.29. The maximum absolute atomic E-state index is 12.3. The smallest absolute Gasteiger partial charge is 0.258 e. The molecule has 0 aliphatic rings. The van der Waals surface area contributed by atoms with Gasteiger partial charge >= 0.3 is 0 Å². The Kier molecular flexibility index (Phi) is 4.62. The molecule has 20 heavy (non-hydrogen) atoms. The molecule has 1 heterocycles. The summed E-state index contributed by atoms with van der Waals surface area (Å²) in [6, 6.07) is 7.27. The highest BCUT2D eigenvalue weighted by Gasteiger charge is 2.13. The number of hydrogen-bond donors (Lipinski definition) is 1. The van der Waals surface area contributed by atoms with E-state index in [9.17, 15) is 4.79 Å². The van der Waals surface area contributed by atoms with Crippen LogP contribution in [0.3, 0.4) is 0 Å². The molecule has 0 saturated carbocycles. The Morgan fingerprint density at radius 2 is 2.10 bits per heavy atom. The Hall–Kier alpha value is -1.59. The Bertz CT molecular complexity index is 646. The lowest BCUT2D eigenvalue weighted by atomic mass is 10.2. The third kappa shape index (κ3) is 3.29. The summed E-state index contributed by atoms with van der Waals surface area (Å²) in [6.45, 7) is 0. The average molecular weight is 355 g/mol. The third-order valence-electron chi connectivity index (χ3n) is 2.70. The number of rotatable bonds is 3. The summed E-state index contributed by atoms with van der Waals surface area (Å²) in [7, 11) is 3.83. The van der Waals surface area contributed by atoms with E-state index >= 15 is 0 Å². The van der Waals surface area contributed by atoms with Crippen molar-refractivity contribution in [2.24, 2.45) is 0 Å². The van der Waals surface area contributed by atoms with Crippen molar-refractivity contribution in [3.05, 3.63) is 51.7 Å². The van der Waals surface area contributed by atoms with Crippen LogP contribution in [-0.4, -0.2) is 25.0 Å². The molecule has 1 aromatic heterocycles. The molecule has 0 aliphatic carbocycles. The van der Waals surface area contributed by atoms with Crippen LogP contribution >= 0.6 is 27.5 Å². The topological polar surface area (TPSA) is 45.2 Å². The van der Waals surface area contributed by atoms with Crippen molar-refractivity contribution in [2.75, 3.05) is 24.3 Å². The third-order valence-corrected chi connectivity index (χ3v) is 3.52. The minimum atomic E-state index is -0.288. The fourth-order valence-electron chi connectivity index (χ4n) is 1.73. The maximum Gasteiger partial charge on any atom is 0.258 e. The number of halogens is 2. The van der Waals surface area contributed by atoms with Gasteiger partial charge in [0, 0.05) is 31.0 Å². The maximum atomic E-state index is 12.3. The van der Waals surface area contributed by atoms with Gasteiger partial charge in [0.25, 0.3) is 5.91 Å². The molecule has 104 valence electrons. The molecule has 1 N–H and O–H groups in total. The van der Waals surface area contributed by atoms with Crippen LogP contribution in [0, 0.1) is 0 Å². The zero-order valence-corrected chi connectivity index (χ0v) is 13.4. The van der Waals surface area contributed by atoms with Crippen molar-refractivity contribution in [3.8, 4) is 0 Å². The van der Waals surface area contributed by atoms with Crippen LogP contribution in [0.25, 0.3) is 0 Å². The number of amides is 1. The molecular formula is C14H13BrClN3O. The fraction of sp³-hybridized carbons (Fsp3) is 0.143. The van der Waals surface area contributed by atoms with Gasteiger partial charge in [-0.15, -0.1) is 0 Å². The van der Waals surface area contributed by atoms with Gasteiger partial charge in [0.05, 0.1) is 22.0 Å². The Balaban J connectivity index is 2.33. The van der Waals surface area contributed by atoms with Gasteiger partial charge in [-0.1, -0.05) is 27.5 Å². The number of benzene rings is 1. The van der Waals surface area contributed by atoms with Crippen LogP contribution in [0.4, 0.5) is 11.4 Å². The first-order valence-corrected chi connectivity index (χ1v) is 7.04. The van der Waals surface area contributed by atoms with Gasteiger partial charge in [0.2, 0.25) is 0 Å². The largest absolute Gasteiger partial charge is 0.376 e. The minimum Gasteiger partial charge on any atom is -0.376 e. The molecule has 1 aromatic carbocycles. The summed E-state index contributed by atoms with van der Waals surface area (Å²) >= 11 is 9.40. The minimum absolute atomic E-state index is 0.288. The molecule has 0 bridgehead atoms. The van der Waals surface area contributed by atoms with E-state index in [4.69, 9.17) is 11.6 Å². The van der Waals surface area contributed by atoms with Crippen LogP contribution in [0.15, 0.2) is 41.1 Å². The van der Waals surface area contributed by atoms with Gasteiger partial charge in [-0.05, 0) is 24.3 Å². The summed E-state index contributed by atoms with van der Waals surface area (Å²) in [6.07, 6.45) is 2.99. The molecule has 0 fully saturated rings. The second kappa shape index (κ2) is 6.24. The van der Waals surface area contributed by atoms with Crippen LogP contribution in [0.1, 0.15) is 10.4 Å². The number of carbonyl (C=O) groups is 1. The van der Waals surface area contributed by atoms with E-state index in [1.165, 1.54) is 6.20 Å². The van der Waals surface area contributed by atoms with Crippen molar-refractivity contribution < 1.29 is 4.79 Å². The van der Waals surface area contributed by atoms with E-state index in [1.54, 1.807) is 12.3 Å². The summed E-state index contributed by atoms with van der Waals surface area (Å²) in [5.74, 6) is -0.288. The molecule has 0 radical (unpaired) electrons. The number of carbonyl (C=O) groups excluding carboxylic acids is 1. The van der Waals surface area contributed by atoms with Crippen LogP contribution < -0.4 is 10.2 Å². The Morgan fingerprint density at radius 3 is 2.75 bits per heavy atom. The summed E-state index contributed by atoms with van der Waals surface area (Å²) in [4.78, 5) is 18.1. The lowest BCUT2D eigenvalue weighted by molar-refractivity contribution is 0.102. The van der Waals surface area contributed by atoms with Crippen molar-refractivity contribution in [2.45, 2.75) is 0 Å². The van der Waals surface area contributed by atoms with E-state index in [1.807, 2.05) is 37.2 Å². The summed E-state index contributed by atoms with van der Waals surface area (Å²) in [5.41, 5.74) is 1.95. The first kappa shape index (κ1) is 14.8. The molecule has 6 heteroatoms. The van der Waals surface area contributed by atoms with Gasteiger partial charge in [0.1, 0.15) is 0 Å².